The number of carbonyl (C=O) groups excluding carboxylic acids is 2. The van der Waals surface area contributed by atoms with Crippen molar-refractivity contribution >= 4 is 12.1 Å². The van der Waals surface area contributed by atoms with Crippen LogP contribution in [0.3, 0.4) is 0 Å². The lowest BCUT2D eigenvalue weighted by atomic mass is 9.67. The number of amides is 1. The number of carbonyl (C=O) groups is 2. The fourth-order valence-electron chi connectivity index (χ4n) is 3.08. The van der Waals surface area contributed by atoms with Crippen molar-refractivity contribution < 1.29 is 24.2 Å². The number of methoxy groups -OCH3 is 2. The van der Waals surface area contributed by atoms with Gasteiger partial charge in [-0.3, -0.25) is 4.90 Å². The first-order chi connectivity index (χ1) is 9.35. The number of esters is 1. The summed E-state index contributed by atoms with van der Waals surface area (Å²) in [5, 5.41) is 10.9. The van der Waals surface area contributed by atoms with Gasteiger partial charge in [-0.05, 0) is 24.8 Å². The number of nitrogens with zero attached hydrogens (tertiary/aromatic N) is 1. The van der Waals surface area contributed by atoms with Gasteiger partial charge in [-0.25, -0.2) is 9.59 Å². The molecule has 1 saturated heterocycles. The van der Waals surface area contributed by atoms with Gasteiger partial charge in [-0.1, -0.05) is 12.7 Å². The van der Waals surface area contributed by atoms with Gasteiger partial charge in [0, 0.05) is 6.54 Å². The van der Waals surface area contributed by atoms with E-state index in [1.54, 1.807) is 13.0 Å². The van der Waals surface area contributed by atoms with Crippen LogP contribution in [-0.4, -0.2) is 54.5 Å². The second-order valence-electron chi connectivity index (χ2n) is 5.31. The van der Waals surface area contributed by atoms with Gasteiger partial charge in [0.05, 0.1) is 25.8 Å². The van der Waals surface area contributed by atoms with E-state index in [1.165, 1.54) is 19.1 Å². The van der Waals surface area contributed by atoms with Crippen molar-refractivity contribution in [3.8, 4) is 0 Å². The quantitative estimate of drug-likeness (QED) is 0.600. The third-order valence-electron chi connectivity index (χ3n) is 4.05. The second kappa shape index (κ2) is 4.94. The number of hydrogen-bond donors (Lipinski definition) is 1. The Morgan fingerprint density at radius 2 is 2.10 bits per heavy atom. The van der Waals surface area contributed by atoms with Crippen LogP contribution in [0.5, 0.6) is 0 Å². The van der Waals surface area contributed by atoms with Crippen molar-refractivity contribution in [2.45, 2.75) is 25.0 Å². The third kappa shape index (κ3) is 2.00. The summed E-state index contributed by atoms with van der Waals surface area (Å²) >= 11 is 0. The Balaban J connectivity index is 2.50. The molecule has 0 saturated carbocycles. The summed E-state index contributed by atoms with van der Waals surface area (Å²) in [5.41, 5.74) is -0.545. The highest BCUT2D eigenvalue weighted by Crippen LogP contribution is 2.44. The normalized spacial score (nSPS) is 31.6. The van der Waals surface area contributed by atoms with Gasteiger partial charge in [-0.15, -0.1) is 0 Å². The fourth-order valence-corrected chi connectivity index (χ4v) is 3.08. The molecule has 0 aromatic carbocycles. The Kier molecular flexibility index (Phi) is 3.60. The lowest BCUT2D eigenvalue weighted by molar-refractivity contribution is -0.140. The SMILES string of the molecule is C=C(C)[C@@]1(O)C[C@H]2C=C(C(=O)OC)[C@@H]1N(C(=O)OC)C2. The van der Waals surface area contributed by atoms with Crippen LogP contribution >= 0.6 is 0 Å². The van der Waals surface area contributed by atoms with Gasteiger partial charge < -0.3 is 14.6 Å². The van der Waals surface area contributed by atoms with E-state index in [1.807, 2.05) is 0 Å². The summed E-state index contributed by atoms with van der Waals surface area (Å²) in [6.07, 6.45) is 1.63. The van der Waals surface area contributed by atoms with Gasteiger partial charge in [0.25, 0.3) is 0 Å². The molecule has 2 bridgehead atoms. The minimum Gasteiger partial charge on any atom is -0.466 e. The van der Waals surface area contributed by atoms with Crippen LogP contribution in [-0.2, 0) is 14.3 Å². The molecule has 2 aliphatic heterocycles. The van der Waals surface area contributed by atoms with E-state index in [0.29, 0.717) is 18.5 Å². The number of aliphatic hydroxyl groups is 1. The van der Waals surface area contributed by atoms with Gasteiger partial charge in [0.1, 0.15) is 5.60 Å². The Bertz CT molecular complexity index is 498. The van der Waals surface area contributed by atoms with Crippen molar-refractivity contribution in [3.63, 3.8) is 0 Å². The molecule has 6 heteroatoms. The van der Waals surface area contributed by atoms with Crippen molar-refractivity contribution in [2.75, 3.05) is 20.8 Å². The molecular weight excluding hydrogens is 262 g/mol. The zero-order valence-electron chi connectivity index (χ0n) is 11.9. The molecule has 2 heterocycles. The van der Waals surface area contributed by atoms with Crippen molar-refractivity contribution in [3.05, 3.63) is 23.8 Å². The Labute approximate surface area is 117 Å². The number of fused-ring (bicyclic) bond motifs is 2. The van der Waals surface area contributed by atoms with Crippen molar-refractivity contribution in [2.24, 2.45) is 5.92 Å². The molecule has 1 aliphatic carbocycles. The largest absolute Gasteiger partial charge is 0.466 e. The van der Waals surface area contributed by atoms with Gasteiger partial charge in [-0.2, -0.15) is 0 Å². The minimum absolute atomic E-state index is 0.130. The first kappa shape index (κ1) is 14.6. The molecule has 1 fully saturated rings. The Morgan fingerprint density at radius 3 is 2.60 bits per heavy atom. The monoisotopic (exact) mass is 281 g/mol. The lowest BCUT2D eigenvalue weighted by Gasteiger charge is -2.52. The Hall–Kier alpha value is -1.82. The first-order valence-corrected chi connectivity index (χ1v) is 6.38. The van der Waals surface area contributed by atoms with E-state index in [0.717, 1.165) is 0 Å². The molecule has 3 atom stereocenters. The molecule has 110 valence electrons. The molecule has 0 aromatic heterocycles. The smallest absolute Gasteiger partial charge is 0.410 e. The lowest BCUT2D eigenvalue weighted by Crippen LogP contribution is -2.65. The molecule has 3 aliphatic rings. The average molecular weight is 281 g/mol. The highest BCUT2D eigenvalue weighted by atomic mass is 16.5. The maximum absolute atomic E-state index is 11.9. The predicted octanol–water partition coefficient (Wildman–Crippen LogP) is 0.863. The van der Waals surface area contributed by atoms with E-state index in [9.17, 15) is 14.7 Å². The molecule has 1 N–H and O–H groups in total. The topological polar surface area (TPSA) is 76.1 Å². The van der Waals surface area contributed by atoms with Crippen LogP contribution in [0.15, 0.2) is 23.8 Å². The average Bonchev–Trinajstić information content (AvgIpc) is 2.44. The van der Waals surface area contributed by atoms with Crippen molar-refractivity contribution in [1.29, 1.82) is 0 Å². The highest BCUT2D eigenvalue weighted by Gasteiger charge is 2.55. The number of piperidine rings is 1. The summed E-state index contributed by atoms with van der Waals surface area (Å²) in [4.78, 5) is 25.2. The summed E-state index contributed by atoms with van der Waals surface area (Å²) in [7, 11) is 2.54. The summed E-state index contributed by atoms with van der Waals surface area (Å²) < 4.78 is 9.49. The standard InChI is InChI=1S/C14H19NO5/c1-8(2)14(18)6-9-5-10(12(16)19-3)11(14)15(7-9)13(17)20-4/h5,9,11,18H,1,6-7H2,2-4H3/t9-,11+,14+/m1/s1. The van der Waals surface area contributed by atoms with Crippen LogP contribution in [0.2, 0.25) is 0 Å². The molecule has 0 radical (unpaired) electrons. The second-order valence-corrected chi connectivity index (χ2v) is 5.31. The first-order valence-electron chi connectivity index (χ1n) is 6.38. The molecule has 6 nitrogen and oxygen atoms in total. The summed E-state index contributed by atoms with van der Waals surface area (Å²) in [6.45, 7) is 5.90. The van der Waals surface area contributed by atoms with Crippen LogP contribution < -0.4 is 0 Å². The van der Waals surface area contributed by atoms with E-state index in [4.69, 9.17) is 9.47 Å². The molecule has 0 spiro atoms. The summed E-state index contributed by atoms with van der Waals surface area (Å²) in [5.74, 6) is -0.678. The number of hydrogen-bond acceptors (Lipinski definition) is 5. The van der Waals surface area contributed by atoms with Gasteiger partial charge in [0.2, 0.25) is 0 Å². The fraction of sp³-hybridized carbons (Fsp3) is 0.571. The van der Waals surface area contributed by atoms with E-state index < -0.39 is 23.7 Å². The molecule has 0 unspecified atom stereocenters. The van der Waals surface area contributed by atoms with Crippen LogP contribution in [0.1, 0.15) is 13.3 Å². The van der Waals surface area contributed by atoms with E-state index in [2.05, 4.69) is 6.58 Å². The zero-order valence-corrected chi connectivity index (χ0v) is 11.9. The van der Waals surface area contributed by atoms with Crippen molar-refractivity contribution in [1.82, 2.24) is 4.90 Å². The van der Waals surface area contributed by atoms with Crippen LogP contribution in [0.4, 0.5) is 4.79 Å². The molecule has 1 amide bonds. The predicted molar refractivity (Wildman–Crippen MR) is 70.9 cm³/mol. The third-order valence-corrected chi connectivity index (χ3v) is 4.05. The molecular formula is C14H19NO5. The number of ether oxygens (including phenoxy) is 2. The highest BCUT2D eigenvalue weighted by molar-refractivity contribution is 5.92. The van der Waals surface area contributed by atoms with Gasteiger partial charge in [0.15, 0.2) is 0 Å². The minimum atomic E-state index is -1.34. The maximum Gasteiger partial charge on any atom is 0.410 e. The Morgan fingerprint density at radius 1 is 1.45 bits per heavy atom. The molecule has 0 aromatic rings. The van der Waals surface area contributed by atoms with E-state index >= 15 is 0 Å². The zero-order chi connectivity index (χ0) is 15.1. The molecule has 20 heavy (non-hydrogen) atoms. The maximum atomic E-state index is 11.9. The number of rotatable bonds is 2. The van der Waals surface area contributed by atoms with Gasteiger partial charge >= 0.3 is 12.1 Å². The van der Waals surface area contributed by atoms with Crippen LogP contribution in [0, 0.1) is 5.92 Å². The van der Waals surface area contributed by atoms with Crippen LogP contribution in [0.25, 0.3) is 0 Å². The summed E-state index contributed by atoms with van der Waals surface area (Å²) in [6, 6.07) is -0.815. The molecule has 3 rings (SSSR count). The van der Waals surface area contributed by atoms with E-state index in [-0.39, 0.29) is 11.5 Å².